The van der Waals surface area contributed by atoms with Crippen LogP contribution in [-0.2, 0) is 10.8 Å². The van der Waals surface area contributed by atoms with Crippen LogP contribution in [0.3, 0.4) is 0 Å². The van der Waals surface area contributed by atoms with Gasteiger partial charge in [0.05, 0.1) is 31.7 Å². The van der Waals surface area contributed by atoms with Crippen molar-refractivity contribution in [3.05, 3.63) is 68.3 Å². The standard InChI is InChI=1S/C11H11N3O2S2.C11H11N3OS2/c1-2-18(16)11-13-6-7(10(12)14-11)9(15)8-4-3-5-17-8;1-2-16-11-13-6-7(10(12)14-11)9(15)8-4-3-5-17-8/h3-6H,2H2,1H3,(H2,12,13,14);3-6H,2H2,1H3,(H2,12,13,14). The minimum atomic E-state index is -1.27. The molecular formula is C22H22N6O3S4. The highest BCUT2D eigenvalue weighted by molar-refractivity contribution is 7.99. The molecule has 1 unspecified atom stereocenters. The van der Waals surface area contributed by atoms with Crippen LogP contribution in [0.4, 0.5) is 11.6 Å². The molecule has 0 aliphatic heterocycles. The van der Waals surface area contributed by atoms with Crippen molar-refractivity contribution in [1.29, 1.82) is 0 Å². The number of thiophene rings is 2. The van der Waals surface area contributed by atoms with Crippen molar-refractivity contribution in [1.82, 2.24) is 19.9 Å². The van der Waals surface area contributed by atoms with Crippen molar-refractivity contribution in [2.75, 3.05) is 23.0 Å². The molecule has 0 radical (unpaired) electrons. The maximum atomic E-state index is 12.1. The van der Waals surface area contributed by atoms with E-state index in [-0.39, 0.29) is 33.9 Å². The van der Waals surface area contributed by atoms with Crippen molar-refractivity contribution >= 4 is 68.4 Å². The Morgan fingerprint density at radius 1 is 0.914 bits per heavy atom. The van der Waals surface area contributed by atoms with E-state index in [1.807, 2.05) is 23.8 Å². The summed E-state index contributed by atoms with van der Waals surface area (Å²) in [5.74, 6) is 1.27. The molecule has 1 atom stereocenters. The third-order valence-electron chi connectivity index (χ3n) is 4.31. The second kappa shape index (κ2) is 12.6. The van der Waals surface area contributed by atoms with Crippen LogP contribution in [0.25, 0.3) is 0 Å². The number of carbonyl (C=O) groups excluding carboxylic acids is 2. The molecule has 0 spiro atoms. The topological polar surface area (TPSA) is 155 Å². The normalized spacial score (nSPS) is 11.4. The second-order valence-corrected chi connectivity index (χ2v) is 11.3. The van der Waals surface area contributed by atoms with Gasteiger partial charge in [-0.1, -0.05) is 37.7 Å². The maximum Gasteiger partial charge on any atom is 0.220 e. The first-order valence-electron chi connectivity index (χ1n) is 10.3. The maximum absolute atomic E-state index is 12.1. The Balaban J connectivity index is 0.000000196. The lowest BCUT2D eigenvalue weighted by Gasteiger charge is -2.04. The van der Waals surface area contributed by atoms with E-state index in [4.69, 9.17) is 11.5 Å². The monoisotopic (exact) mass is 546 g/mol. The van der Waals surface area contributed by atoms with Gasteiger partial charge in [0.1, 0.15) is 11.6 Å². The Morgan fingerprint density at radius 2 is 1.46 bits per heavy atom. The fourth-order valence-electron chi connectivity index (χ4n) is 2.62. The third kappa shape index (κ3) is 6.78. The van der Waals surface area contributed by atoms with E-state index in [1.165, 1.54) is 46.8 Å². The third-order valence-corrected chi connectivity index (χ3v) is 7.92. The molecular weight excluding hydrogens is 525 g/mol. The first kappa shape index (κ1) is 26.6. The molecule has 4 aromatic rings. The lowest BCUT2D eigenvalue weighted by atomic mass is 10.2. The van der Waals surface area contributed by atoms with Gasteiger partial charge in [0.2, 0.25) is 16.7 Å². The first-order valence-corrected chi connectivity index (χ1v) is 14.3. The summed E-state index contributed by atoms with van der Waals surface area (Å²) in [7, 11) is -1.27. The van der Waals surface area contributed by atoms with Crippen LogP contribution in [0.5, 0.6) is 0 Å². The number of thioether (sulfide) groups is 1. The highest BCUT2D eigenvalue weighted by Gasteiger charge is 2.17. The number of ketones is 2. The number of rotatable bonds is 8. The quantitative estimate of drug-likeness (QED) is 0.188. The molecule has 9 nitrogen and oxygen atoms in total. The van der Waals surface area contributed by atoms with Gasteiger partial charge in [-0.25, -0.2) is 19.9 Å². The predicted molar refractivity (Wildman–Crippen MR) is 142 cm³/mol. The van der Waals surface area contributed by atoms with Crippen molar-refractivity contribution < 1.29 is 13.8 Å². The lowest BCUT2D eigenvalue weighted by molar-refractivity contribution is 0.103. The number of aromatic nitrogens is 4. The number of carbonyl (C=O) groups is 2. The average molecular weight is 547 g/mol. The number of anilines is 2. The summed E-state index contributed by atoms with van der Waals surface area (Å²) < 4.78 is 11.5. The van der Waals surface area contributed by atoms with E-state index in [1.54, 1.807) is 25.1 Å². The van der Waals surface area contributed by atoms with Gasteiger partial charge in [0, 0.05) is 18.1 Å². The van der Waals surface area contributed by atoms with Crippen LogP contribution in [-0.4, -0.2) is 47.2 Å². The van der Waals surface area contributed by atoms with E-state index < -0.39 is 10.8 Å². The van der Waals surface area contributed by atoms with Crippen LogP contribution in [0.2, 0.25) is 0 Å². The van der Waals surface area contributed by atoms with Crippen molar-refractivity contribution in [2.45, 2.75) is 24.2 Å². The zero-order valence-corrected chi connectivity index (χ0v) is 22.1. The Hall–Kier alpha value is -3.00. The summed E-state index contributed by atoms with van der Waals surface area (Å²) in [5.41, 5.74) is 12.1. The summed E-state index contributed by atoms with van der Waals surface area (Å²) in [6.45, 7) is 3.77. The van der Waals surface area contributed by atoms with Gasteiger partial charge in [-0.15, -0.1) is 22.7 Å². The van der Waals surface area contributed by atoms with Crippen molar-refractivity contribution in [2.24, 2.45) is 0 Å². The van der Waals surface area contributed by atoms with E-state index in [0.717, 1.165) is 5.75 Å². The summed E-state index contributed by atoms with van der Waals surface area (Å²) in [4.78, 5) is 41.4. The summed E-state index contributed by atoms with van der Waals surface area (Å²) in [6, 6.07) is 7.09. The average Bonchev–Trinajstić information content (AvgIpc) is 3.58. The fraction of sp³-hybridized carbons (Fsp3) is 0.182. The van der Waals surface area contributed by atoms with Gasteiger partial charge in [-0.3, -0.25) is 13.8 Å². The number of nitrogens with zero attached hydrogens (tertiary/aromatic N) is 4. The van der Waals surface area contributed by atoms with E-state index in [2.05, 4.69) is 19.9 Å². The van der Waals surface area contributed by atoms with Crippen molar-refractivity contribution in [3.8, 4) is 0 Å². The largest absolute Gasteiger partial charge is 0.383 e. The second-order valence-electron chi connectivity index (χ2n) is 6.58. The lowest BCUT2D eigenvalue weighted by Crippen LogP contribution is -2.10. The smallest absolute Gasteiger partial charge is 0.220 e. The Kier molecular flexibility index (Phi) is 9.60. The summed E-state index contributed by atoms with van der Waals surface area (Å²) in [6.07, 6.45) is 2.84. The number of hydrogen-bond donors (Lipinski definition) is 2. The van der Waals surface area contributed by atoms with Crippen molar-refractivity contribution in [3.63, 3.8) is 0 Å². The van der Waals surface area contributed by atoms with Gasteiger partial charge >= 0.3 is 0 Å². The Bertz CT molecular complexity index is 1330. The number of hydrogen-bond acceptors (Lipinski definition) is 12. The minimum absolute atomic E-state index is 0.0696. The van der Waals surface area contributed by atoms with Crippen LogP contribution in [0.15, 0.2) is 57.7 Å². The fourth-order valence-corrected chi connectivity index (χ4v) is 5.16. The van der Waals surface area contributed by atoms with Gasteiger partial charge in [-0.05, 0) is 28.6 Å². The molecule has 0 aliphatic carbocycles. The molecule has 0 amide bonds. The van der Waals surface area contributed by atoms with E-state index >= 15 is 0 Å². The Labute approximate surface area is 216 Å². The molecule has 0 saturated carbocycles. The van der Waals surface area contributed by atoms with E-state index in [0.29, 0.717) is 26.2 Å². The highest BCUT2D eigenvalue weighted by atomic mass is 32.2. The molecule has 0 bridgehead atoms. The molecule has 0 saturated heterocycles. The molecule has 4 N–H and O–H groups in total. The van der Waals surface area contributed by atoms with Crippen LogP contribution < -0.4 is 11.5 Å². The van der Waals surface area contributed by atoms with Crippen LogP contribution in [0, 0.1) is 0 Å². The molecule has 182 valence electrons. The predicted octanol–water partition coefficient (Wildman–Crippen LogP) is 3.94. The zero-order chi connectivity index (χ0) is 25.4. The van der Waals surface area contributed by atoms with Gasteiger partial charge < -0.3 is 11.5 Å². The first-order chi connectivity index (χ1) is 16.8. The minimum Gasteiger partial charge on any atom is -0.383 e. The van der Waals surface area contributed by atoms with Gasteiger partial charge in [-0.2, -0.15) is 0 Å². The molecule has 0 aliphatic rings. The number of nitrogens with two attached hydrogens (primary N) is 2. The molecule has 4 aromatic heterocycles. The molecule has 4 rings (SSSR count). The molecule has 13 heteroatoms. The molecule has 0 fully saturated rings. The highest BCUT2D eigenvalue weighted by Crippen LogP contribution is 2.21. The number of nitrogen functional groups attached to an aromatic ring is 2. The zero-order valence-electron chi connectivity index (χ0n) is 18.8. The SMILES string of the molecule is CCS(=O)c1ncc(C(=O)c2cccs2)c(N)n1.CCSc1ncc(C(=O)c2cccs2)c(N)n1. The van der Waals surface area contributed by atoms with Gasteiger partial charge in [0.15, 0.2) is 5.16 Å². The Morgan fingerprint density at radius 3 is 1.89 bits per heavy atom. The summed E-state index contributed by atoms with van der Waals surface area (Å²) in [5, 5.41) is 4.43. The van der Waals surface area contributed by atoms with Crippen LogP contribution in [0.1, 0.15) is 44.3 Å². The van der Waals surface area contributed by atoms with E-state index in [9.17, 15) is 13.8 Å². The van der Waals surface area contributed by atoms with Gasteiger partial charge in [0.25, 0.3) is 0 Å². The molecule has 35 heavy (non-hydrogen) atoms. The summed E-state index contributed by atoms with van der Waals surface area (Å²) >= 11 is 4.21. The molecule has 4 heterocycles. The molecule has 0 aromatic carbocycles. The van der Waals surface area contributed by atoms with Crippen LogP contribution >= 0.6 is 34.4 Å².